The molecule has 1 aromatic carbocycles. The van der Waals surface area contributed by atoms with Crippen LogP contribution in [0.2, 0.25) is 0 Å². The molecule has 90 valence electrons. The van der Waals surface area contributed by atoms with E-state index in [0.29, 0.717) is 0 Å². The lowest BCUT2D eigenvalue weighted by Gasteiger charge is -2.21. The van der Waals surface area contributed by atoms with Crippen LogP contribution in [0.5, 0.6) is 0 Å². The Labute approximate surface area is 102 Å². The SMILES string of the molecule is CC(C(=O)Nc1cc(C)cc(C)c1)=C1CNC1. The molecule has 0 radical (unpaired) electrons. The molecule has 3 heteroatoms. The molecule has 0 atom stereocenters. The van der Waals surface area contributed by atoms with E-state index in [2.05, 4.69) is 16.7 Å². The summed E-state index contributed by atoms with van der Waals surface area (Å²) in [5.41, 5.74) is 5.24. The molecule has 1 aliphatic rings. The van der Waals surface area contributed by atoms with E-state index in [9.17, 15) is 4.79 Å². The van der Waals surface area contributed by atoms with Crippen LogP contribution >= 0.6 is 0 Å². The maximum Gasteiger partial charge on any atom is 0.251 e. The summed E-state index contributed by atoms with van der Waals surface area (Å²) in [5, 5.41) is 6.09. The van der Waals surface area contributed by atoms with Crippen LogP contribution in [-0.4, -0.2) is 19.0 Å². The van der Waals surface area contributed by atoms with Gasteiger partial charge >= 0.3 is 0 Å². The number of nitrogens with one attached hydrogen (secondary N) is 2. The summed E-state index contributed by atoms with van der Waals surface area (Å²) in [6.45, 7) is 7.63. The zero-order chi connectivity index (χ0) is 12.4. The van der Waals surface area contributed by atoms with Gasteiger partial charge in [-0.2, -0.15) is 0 Å². The van der Waals surface area contributed by atoms with E-state index in [0.717, 1.165) is 35.5 Å². The first-order valence-corrected chi connectivity index (χ1v) is 5.85. The molecule has 2 N–H and O–H groups in total. The molecule has 1 aromatic rings. The first-order chi connectivity index (χ1) is 8.06. The number of carbonyl (C=O) groups is 1. The van der Waals surface area contributed by atoms with Crippen LogP contribution in [-0.2, 0) is 4.79 Å². The molecule has 3 nitrogen and oxygen atoms in total. The number of anilines is 1. The van der Waals surface area contributed by atoms with Gasteiger partial charge < -0.3 is 10.6 Å². The van der Waals surface area contributed by atoms with Crippen molar-refractivity contribution >= 4 is 11.6 Å². The van der Waals surface area contributed by atoms with Crippen LogP contribution in [0.3, 0.4) is 0 Å². The minimum atomic E-state index is 0.00602. The van der Waals surface area contributed by atoms with Gasteiger partial charge in [-0.1, -0.05) is 6.07 Å². The van der Waals surface area contributed by atoms with Crippen LogP contribution < -0.4 is 10.6 Å². The first-order valence-electron chi connectivity index (χ1n) is 5.85. The molecular weight excluding hydrogens is 212 g/mol. The van der Waals surface area contributed by atoms with Crippen molar-refractivity contribution in [3.8, 4) is 0 Å². The number of hydrogen-bond donors (Lipinski definition) is 2. The van der Waals surface area contributed by atoms with E-state index < -0.39 is 0 Å². The number of aryl methyl sites for hydroxylation is 2. The van der Waals surface area contributed by atoms with Crippen molar-refractivity contribution in [2.45, 2.75) is 20.8 Å². The maximum absolute atomic E-state index is 12.0. The van der Waals surface area contributed by atoms with Crippen LogP contribution in [0.4, 0.5) is 5.69 Å². The minimum absolute atomic E-state index is 0.00602. The van der Waals surface area contributed by atoms with E-state index >= 15 is 0 Å². The molecule has 1 fully saturated rings. The highest BCUT2D eigenvalue weighted by atomic mass is 16.1. The third-order valence-corrected chi connectivity index (χ3v) is 3.03. The van der Waals surface area contributed by atoms with Crippen LogP contribution in [0.1, 0.15) is 18.1 Å². The summed E-state index contributed by atoms with van der Waals surface area (Å²) < 4.78 is 0. The zero-order valence-electron chi connectivity index (χ0n) is 10.6. The smallest absolute Gasteiger partial charge is 0.251 e. The number of carbonyl (C=O) groups excluding carboxylic acids is 1. The Bertz CT molecular complexity index is 463. The van der Waals surface area contributed by atoms with E-state index in [1.54, 1.807) is 0 Å². The molecule has 0 spiro atoms. The van der Waals surface area contributed by atoms with E-state index in [1.807, 2.05) is 32.9 Å². The van der Waals surface area contributed by atoms with Gasteiger partial charge in [0.2, 0.25) is 0 Å². The Morgan fingerprint density at radius 2 is 1.76 bits per heavy atom. The summed E-state index contributed by atoms with van der Waals surface area (Å²) >= 11 is 0. The standard InChI is InChI=1S/C14H18N2O/c1-9-4-10(2)6-13(5-9)16-14(17)11(3)12-7-15-8-12/h4-6,15H,7-8H2,1-3H3,(H,16,17). The monoisotopic (exact) mass is 230 g/mol. The molecule has 1 amide bonds. The Morgan fingerprint density at radius 1 is 1.18 bits per heavy atom. The van der Waals surface area contributed by atoms with Gasteiger partial charge in [-0.15, -0.1) is 0 Å². The van der Waals surface area contributed by atoms with Gasteiger partial charge in [0.25, 0.3) is 5.91 Å². The molecule has 0 unspecified atom stereocenters. The number of rotatable bonds is 2. The van der Waals surface area contributed by atoms with E-state index in [-0.39, 0.29) is 5.91 Å². The van der Waals surface area contributed by atoms with Crippen molar-refractivity contribution in [3.05, 3.63) is 40.5 Å². The van der Waals surface area contributed by atoms with Gasteiger partial charge in [0.05, 0.1) is 0 Å². The van der Waals surface area contributed by atoms with Gasteiger partial charge in [-0.25, -0.2) is 0 Å². The van der Waals surface area contributed by atoms with Crippen molar-refractivity contribution < 1.29 is 4.79 Å². The predicted octanol–water partition coefficient (Wildman–Crippen LogP) is 2.16. The van der Waals surface area contributed by atoms with Crippen molar-refractivity contribution in [2.24, 2.45) is 0 Å². The maximum atomic E-state index is 12.0. The molecule has 1 heterocycles. The van der Waals surface area contributed by atoms with E-state index in [1.165, 1.54) is 5.57 Å². The second-order valence-electron chi connectivity index (χ2n) is 4.66. The summed E-state index contributed by atoms with van der Waals surface area (Å²) in [6, 6.07) is 6.07. The summed E-state index contributed by atoms with van der Waals surface area (Å²) in [4.78, 5) is 12.0. The third kappa shape index (κ3) is 2.74. The molecule has 17 heavy (non-hydrogen) atoms. The molecule has 0 bridgehead atoms. The Hall–Kier alpha value is -1.61. The highest BCUT2D eigenvalue weighted by Crippen LogP contribution is 2.16. The average molecular weight is 230 g/mol. The zero-order valence-corrected chi connectivity index (χ0v) is 10.6. The van der Waals surface area contributed by atoms with Gasteiger partial charge in [-0.05, 0) is 49.6 Å². The quantitative estimate of drug-likeness (QED) is 0.764. The number of amides is 1. The van der Waals surface area contributed by atoms with Gasteiger partial charge in [-0.3, -0.25) is 4.79 Å². The number of hydrogen-bond acceptors (Lipinski definition) is 2. The molecule has 1 aliphatic heterocycles. The molecule has 0 aliphatic carbocycles. The van der Waals surface area contributed by atoms with Crippen molar-refractivity contribution in [1.82, 2.24) is 5.32 Å². The highest BCUT2D eigenvalue weighted by Gasteiger charge is 2.16. The second-order valence-corrected chi connectivity index (χ2v) is 4.66. The number of benzene rings is 1. The molecule has 2 rings (SSSR count). The van der Waals surface area contributed by atoms with Crippen molar-refractivity contribution in [2.75, 3.05) is 18.4 Å². The summed E-state index contributed by atoms with van der Waals surface area (Å²) in [5.74, 6) is 0.00602. The fraction of sp³-hybridized carbons (Fsp3) is 0.357. The first kappa shape index (κ1) is 11.9. The molecular formula is C14H18N2O. The fourth-order valence-electron chi connectivity index (χ4n) is 1.95. The average Bonchev–Trinajstić information content (AvgIpc) is 2.12. The van der Waals surface area contributed by atoms with Gasteiger partial charge in [0.15, 0.2) is 0 Å². The van der Waals surface area contributed by atoms with E-state index in [4.69, 9.17) is 0 Å². The van der Waals surface area contributed by atoms with Crippen molar-refractivity contribution in [3.63, 3.8) is 0 Å². The van der Waals surface area contributed by atoms with Crippen LogP contribution in [0.25, 0.3) is 0 Å². The fourth-order valence-corrected chi connectivity index (χ4v) is 1.95. The normalized spacial score (nSPS) is 14.2. The lowest BCUT2D eigenvalue weighted by Crippen LogP contribution is -2.36. The lowest BCUT2D eigenvalue weighted by atomic mass is 10.0. The summed E-state index contributed by atoms with van der Waals surface area (Å²) in [6.07, 6.45) is 0. The lowest BCUT2D eigenvalue weighted by molar-refractivity contribution is -0.112. The van der Waals surface area contributed by atoms with Gasteiger partial charge in [0.1, 0.15) is 0 Å². The Morgan fingerprint density at radius 3 is 2.24 bits per heavy atom. The second kappa shape index (κ2) is 4.72. The Balaban J connectivity index is 2.12. The molecule has 1 saturated heterocycles. The van der Waals surface area contributed by atoms with Crippen LogP contribution in [0, 0.1) is 13.8 Å². The highest BCUT2D eigenvalue weighted by molar-refractivity contribution is 6.04. The minimum Gasteiger partial charge on any atom is -0.322 e. The van der Waals surface area contributed by atoms with Crippen molar-refractivity contribution in [1.29, 1.82) is 0 Å². The predicted molar refractivity (Wildman–Crippen MR) is 70.1 cm³/mol. The third-order valence-electron chi connectivity index (χ3n) is 3.03. The topological polar surface area (TPSA) is 41.1 Å². The Kier molecular flexibility index (Phi) is 3.29. The van der Waals surface area contributed by atoms with Gasteiger partial charge in [0, 0.05) is 24.4 Å². The summed E-state index contributed by atoms with van der Waals surface area (Å²) in [7, 11) is 0. The largest absolute Gasteiger partial charge is 0.322 e. The van der Waals surface area contributed by atoms with Crippen LogP contribution in [0.15, 0.2) is 29.3 Å². The molecule has 0 saturated carbocycles. The molecule has 0 aromatic heterocycles.